The van der Waals surface area contributed by atoms with Crippen molar-refractivity contribution in [1.82, 2.24) is 15.1 Å². The molecule has 24 heavy (non-hydrogen) atoms. The van der Waals surface area contributed by atoms with Crippen LogP contribution in [-0.2, 0) is 9.59 Å². The summed E-state index contributed by atoms with van der Waals surface area (Å²) in [6.45, 7) is 4.13. The lowest BCUT2D eigenvalue weighted by Crippen LogP contribution is -2.44. The number of nitrogens with one attached hydrogen (secondary N) is 2. The second-order valence-corrected chi connectivity index (χ2v) is 7.44. The van der Waals surface area contributed by atoms with Crippen LogP contribution in [0.25, 0.3) is 0 Å². The molecule has 2 atom stereocenters. The Morgan fingerprint density at radius 3 is 2.92 bits per heavy atom. The van der Waals surface area contributed by atoms with Crippen molar-refractivity contribution in [1.29, 1.82) is 0 Å². The maximum Gasteiger partial charge on any atom is 0.231 e. The zero-order valence-electron chi connectivity index (χ0n) is 14.1. The van der Waals surface area contributed by atoms with E-state index < -0.39 is 0 Å². The molecular weight excluding hydrogens is 324 g/mol. The van der Waals surface area contributed by atoms with Gasteiger partial charge in [0, 0.05) is 30.1 Å². The van der Waals surface area contributed by atoms with E-state index in [-0.39, 0.29) is 23.8 Å². The Bertz CT molecular complexity index is 723. The van der Waals surface area contributed by atoms with Crippen LogP contribution in [0.15, 0.2) is 23.6 Å². The lowest BCUT2D eigenvalue weighted by molar-refractivity contribution is -0.140. The molecule has 128 valence electrons. The first-order valence-electron chi connectivity index (χ1n) is 8.12. The van der Waals surface area contributed by atoms with Gasteiger partial charge in [-0.05, 0) is 23.8 Å². The molecule has 1 fully saturated rings. The Labute approximate surface area is 145 Å². The number of hydrogen-bond acceptors (Lipinski definition) is 4. The number of rotatable bonds is 4. The van der Waals surface area contributed by atoms with E-state index in [1.807, 2.05) is 23.6 Å². The van der Waals surface area contributed by atoms with Crippen LogP contribution in [0.1, 0.15) is 49.2 Å². The molecule has 0 spiro atoms. The van der Waals surface area contributed by atoms with Crippen LogP contribution in [0.5, 0.6) is 0 Å². The number of likely N-dealkylation sites (tertiary alicyclic amines) is 1. The average Bonchev–Trinajstić information content (AvgIpc) is 3.21. The normalized spacial score (nSPS) is 21.3. The summed E-state index contributed by atoms with van der Waals surface area (Å²) in [5, 5.41) is 12.0. The van der Waals surface area contributed by atoms with Gasteiger partial charge in [-0.3, -0.25) is 14.7 Å². The number of aromatic amines is 1. The molecule has 3 heterocycles. The van der Waals surface area contributed by atoms with Crippen molar-refractivity contribution in [3.05, 3.63) is 34.2 Å². The fourth-order valence-corrected chi connectivity index (χ4v) is 4.01. The van der Waals surface area contributed by atoms with Gasteiger partial charge in [0.25, 0.3) is 0 Å². The summed E-state index contributed by atoms with van der Waals surface area (Å²) >= 11 is 1.58. The van der Waals surface area contributed by atoms with Gasteiger partial charge in [0.15, 0.2) is 5.82 Å². The predicted octanol–water partition coefficient (Wildman–Crippen LogP) is 3.14. The van der Waals surface area contributed by atoms with Gasteiger partial charge >= 0.3 is 0 Å². The predicted molar refractivity (Wildman–Crippen MR) is 93.9 cm³/mol. The van der Waals surface area contributed by atoms with Crippen molar-refractivity contribution in [2.75, 3.05) is 12.4 Å². The first kappa shape index (κ1) is 16.7. The number of piperidine rings is 1. The van der Waals surface area contributed by atoms with Gasteiger partial charge in [-0.2, -0.15) is 5.10 Å². The van der Waals surface area contributed by atoms with E-state index in [4.69, 9.17) is 0 Å². The van der Waals surface area contributed by atoms with Crippen molar-refractivity contribution < 1.29 is 9.59 Å². The topological polar surface area (TPSA) is 78.1 Å². The van der Waals surface area contributed by atoms with Crippen LogP contribution < -0.4 is 5.32 Å². The van der Waals surface area contributed by atoms with Gasteiger partial charge in [-0.1, -0.05) is 19.9 Å². The van der Waals surface area contributed by atoms with Crippen molar-refractivity contribution in [2.45, 2.75) is 38.6 Å². The number of thiophene rings is 1. The highest BCUT2D eigenvalue weighted by atomic mass is 32.1. The standard InChI is InChI=1S/C17H22N4O2S/c1-10(2)12-9-14(20-19-12)18-17(23)11-6-7-15(22)21(3)16(11)13-5-4-8-24-13/h4-5,8-11,16H,6-7H2,1-3H3,(H2,18,19,20,23)/t11-,16-/m1/s1. The molecule has 0 aliphatic carbocycles. The number of H-pyrrole nitrogens is 1. The third kappa shape index (κ3) is 3.21. The molecule has 1 saturated heterocycles. The molecular formula is C17H22N4O2S. The third-order valence-corrected chi connectivity index (χ3v) is 5.45. The number of aromatic nitrogens is 2. The number of nitrogens with zero attached hydrogens (tertiary/aromatic N) is 2. The van der Waals surface area contributed by atoms with E-state index >= 15 is 0 Å². The quantitative estimate of drug-likeness (QED) is 0.893. The number of amides is 2. The third-order valence-electron chi connectivity index (χ3n) is 4.50. The van der Waals surface area contributed by atoms with Gasteiger partial charge in [0.05, 0.1) is 12.0 Å². The van der Waals surface area contributed by atoms with E-state index in [9.17, 15) is 9.59 Å². The molecule has 1 aliphatic heterocycles. The molecule has 3 rings (SSSR count). The summed E-state index contributed by atoms with van der Waals surface area (Å²) in [5.41, 5.74) is 0.982. The summed E-state index contributed by atoms with van der Waals surface area (Å²) in [6.07, 6.45) is 0.952. The molecule has 0 bridgehead atoms. The van der Waals surface area contributed by atoms with Crippen LogP contribution in [0.2, 0.25) is 0 Å². The van der Waals surface area contributed by atoms with Gasteiger partial charge < -0.3 is 10.2 Å². The minimum absolute atomic E-state index is 0.0827. The van der Waals surface area contributed by atoms with Crippen molar-refractivity contribution in [3.63, 3.8) is 0 Å². The second-order valence-electron chi connectivity index (χ2n) is 6.46. The molecule has 1 aliphatic rings. The summed E-state index contributed by atoms with van der Waals surface area (Å²) < 4.78 is 0. The highest BCUT2D eigenvalue weighted by Gasteiger charge is 2.39. The van der Waals surface area contributed by atoms with E-state index in [2.05, 4.69) is 29.4 Å². The van der Waals surface area contributed by atoms with Gasteiger partial charge in [0.1, 0.15) is 0 Å². The molecule has 2 N–H and O–H groups in total. The highest BCUT2D eigenvalue weighted by Crippen LogP contribution is 2.38. The van der Waals surface area contributed by atoms with E-state index in [0.717, 1.165) is 10.6 Å². The van der Waals surface area contributed by atoms with Gasteiger partial charge in [-0.15, -0.1) is 11.3 Å². The molecule has 7 heteroatoms. The molecule has 6 nitrogen and oxygen atoms in total. The maximum atomic E-state index is 12.8. The van der Waals surface area contributed by atoms with Crippen LogP contribution in [-0.4, -0.2) is 34.0 Å². The van der Waals surface area contributed by atoms with E-state index in [1.165, 1.54) is 0 Å². The number of carbonyl (C=O) groups is 2. The molecule has 0 unspecified atom stereocenters. The summed E-state index contributed by atoms with van der Waals surface area (Å²) in [6, 6.07) is 5.58. The summed E-state index contributed by atoms with van der Waals surface area (Å²) in [7, 11) is 1.78. The number of carbonyl (C=O) groups excluding carboxylic acids is 2. The largest absolute Gasteiger partial charge is 0.337 e. The fourth-order valence-electron chi connectivity index (χ4n) is 3.08. The van der Waals surface area contributed by atoms with Gasteiger partial charge in [-0.25, -0.2) is 0 Å². The van der Waals surface area contributed by atoms with Crippen molar-refractivity contribution in [3.8, 4) is 0 Å². The van der Waals surface area contributed by atoms with Crippen LogP contribution >= 0.6 is 11.3 Å². The second kappa shape index (κ2) is 6.76. The van der Waals surface area contributed by atoms with E-state index in [0.29, 0.717) is 24.6 Å². The first-order chi connectivity index (χ1) is 11.5. The Hall–Kier alpha value is -2.15. The molecule has 2 aromatic heterocycles. The Morgan fingerprint density at radius 1 is 1.50 bits per heavy atom. The molecule has 2 aromatic rings. The van der Waals surface area contributed by atoms with Crippen molar-refractivity contribution >= 4 is 29.0 Å². The summed E-state index contributed by atoms with van der Waals surface area (Å²) in [4.78, 5) is 27.6. The van der Waals surface area contributed by atoms with Gasteiger partial charge in [0.2, 0.25) is 11.8 Å². The molecule has 2 amide bonds. The van der Waals surface area contributed by atoms with Crippen molar-refractivity contribution in [2.24, 2.45) is 5.92 Å². The number of hydrogen-bond donors (Lipinski definition) is 2. The Morgan fingerprint density at radius 2 is 2.29 bits per heavy atom. The lowest BCUT2D eigenvalue weighted by Gasteiger charge is -2.37. The molecule has 0 radical (unpaired) electrons. The van der Waals surface area contributed by atoms with E-state index in [1.54, 1.807) is 23.3 Å². The minimum atomic E-state index is -0.273. The minimum Gasteiger partial charge on any atom is -0.337 e. The maximum absolute atomic E-state index is 12.8. The highest BCUT2D eigenvalue weighted by molar-refractivity contribution is 7.10. The Kier molecular flexibility index (Phi) is 4.71. The van der Waals surface area contributed by atoms with Crippen LogP contribution in [0.3, 0.4) is 0 Å². The zero-order chi connectivity index (χ0) is 17.3. The smallest absolute Gasteiger partial charge is 0.231 e. The van der Waals surface area contributed by atoms with Crippen LogP contribution in [0, 0.1) is 5.92 Å². The molecule has 0 aromatic carbocycles. The Balaban J connectivity index is 1.79. The average molecular weight is 346 g/mol. The summed E-state index contributed by atoms with van der Waals surface area (Å²) in [5.74, 6) is 0.577. The fraction of sp³-hybridized carbons (Fsp3) is 0.471. The monoisotopic (exact) mass is 346 g/mol. The zero-order valence-corrected chi connectivity index (χ0v) is 14.9. The lowest BCUT2D eigenvalue weighted by atomic mass is 9.87. The first-order valence-corrected chi connectivity index (χ1v) is 9.00. The van der Waals surface area contributed by atoms with Crippen LogP contribution in [0.4, 0.5) is 5.82 Å². The SMILES string of the molecule is CC(C)c1cc(NC(=O)[C@@H]2CCC(=O)N(C)[C@H]2c2cccs2)n[nH]1. The molecule has 0 saturated carbocycles. The number of anilines is 1.